The number of benzene rings is 2. The summed E-state index contributed by atoms with van der Waals surface area (Å²) in [7, 11) is 0. The Labute approximate surface area is 128 Å². The van der Waals surface area contributed by atoms with Gasteiger partial charge >= 0.3 is 0 Å². The van der Waals surface area contributed by atoms with Crippen LogP contribution in [0.5, 0.6) is 0 Å². The molecule has 2 aromatic carbocycles. The summed E-state index contributed by atoms with van der Waals surface area (Å²) in [6, 6.07) is 18.5. The Hall–Kier alpha value is -2.57. The first kappa shape index (κ1) is 14.8. The predicted molar refractivity (Wildman–Crippen MR) is 83.3 cm³/mol. The van der Waals surface area contributed by atoms with Crippen molar-refractivity contribution in [2.24, 2.45) is 0 Å². The number of halogens is 1. The van der Waals surface area contributed by atoms with Crippen LogP contribution in [0.4, 0.5) is 0 Å². The normalized spacial score (nSPS) is 10.8. The zero-order chi connectivity index (χ0) is 15.1. The molecule has 21 heavy (non-hydrogen) atoms. The van der Waals surface area contributed by atoms with Gasteiger partial charge in [-0.15, -0.1) is 0 Å². The molecule has 4 heteroatoms. The van der Waals surface area contributed by atoms with E-state index in [1.54, 1.807) is 24.3 Å². The maximum absolute atomic E-state index is 12.0. The third-order valence-corrected chi connectivity index (χ3v) is 3.21. The quantitative estimate of drug-likeness (QED) is 0.693. The number of carbonyl (C=O) groups excluding carboxylic acids is 1. The molecular formula is C17H13ClN2O. The van der Waals surface area contributed by atoms with E-state index in [1.165, 1.54) is 6.08 Å². The molecule has 0 aliphatic heterocycles. The smallest absolute Gasteiger partial charge is 0.262 e. The Balaban J connectivity index is 2.09. The van der Waals surface area contributed by atoms with Crippen molar-refractivity contribution >= 4 is 23.6 Å². The second kappa shape index (κ2) is 7.28. The number of nitriles is 1. The highest BCUT2D eigenvalue weighted by atomic mass is 35.5. The van der Waals surface area contributed by atoms with Gasteiger partial charge in [0.1, 0.15) is 11.6 Å². The lowest BCUT2D eigenvalue weighted by Crippen LogP contribution is -2.23. The van der Waals surface area contributed by atoms with Crippen LogP contribution < -0.4 is 5.32 Å². The van der Waals surface area contributed by atoms with E-state index in [-0.39, 0.29) is 5.57 Å². The molecule has 0 bridgehead atoms. The SMILES string of the molecule is N#C/C(=C\c1ccccc1Cl)C(=O)NCc1ccccc1. The van der Waals surface area contributed by atoms with Gasteiger partial charge in [0, 0.05) is 11.6 Å². The Morgan fingerprint density at radius 1 is 1.14 bits per heavy atom. The van der Waals surface area contributed by atoms with Gasteiger partial charge in [0.05, 0.1) is 0 Å². The first-order chi connectivity index (χ1) is 10.2. The average molecular weight is 297 g/mol. The highest BCUT2D eigenvalue weighted by Crippen LogP contribution is 2.18. The number of rotatable bonds is 4. The largest absolute Gasteiger partial charge is 0.347 e. The number of nitrogens with one attached hydrogen (secondary N) is 1. The van der Waals surface area contributed by atoms with Gasteiger partial charge in [0.2, 0.25) is 0 Å². The standard InChI is InChI=1S/C17H13ClN2O/c18-16-9-5-4-8-14(16)10-15(11-19)17(21)20-12-13-6-2-1-3-7-13/h1-10H,12H2,(H,20,21)/b15-10+. The third-order valence-electron chi connectivity index (χ3n) is 2.87. The summed E-state index contributed by atoms with van der Waals surface area (Å²) in [6.07, 6.45) is 1.49. The third kappa shape index (κ3) is 4.20. The van der Waals surface area contributed by atoms with Gasteiger partial charge in [-0.25, -0.2) is 0 Å². The van der Waals surface area contributed by atoms with E-state index in [2.05, 4.69) is 5.32 Å². The van der Waals surface area contributed by atoms with Crippen LogP contribution in [0, 0.1) is 11.3 Å². The van der Waals surface area contributed by atoms with Crippen molar-refractivity contribution in [1.82, 2.24) is 5.32 Å². The van der Waals surface area contributed by atoms with Crippen molar-refractivity contribution in [2.45, 2.75) is 6.54 Å². The van der Waals surface area contributed by atoms with E-state index < -0.39 is 5.91 Å². The molecule has 0 heterocycles. The van der Waals surface area contributed by atoms with Crippen LogP contribution in [0.3, 0.4) is 0 Å². The van der Waals surface area contributed by atoms with Crippen LogP contribution in [0.2, 0.25) is 5.02 Å². The molecule has 0 saturated carbocycles. The van der Waals surface area contributed by atoms with E-state index in [4.69, 9.17) is 16.9 Å². The summed E-state index contributed by atoms with van der Waals surface area (Å²) in [4.78, 5) is 12.0. The lowest BCUT2D eigenvalue weighted by molar-refractivity contribution is -0.117. The second-order valence-corrected chi connectivity index (χ2v) is 4.77. The number of hydrogen-bond donors (Lipinski definition) is 1. The second-order valence-electron chi connectivity index (χ2n) is 4.36. The predicted octanol–water partition coefficient (Wildman–Crippen LogP) is 3.56. The number of nitrogens with zero attached hydrogens (tertiary/aromatic N) is 1. The molecule has 0 saturated heterocycles. The molecule has 0 atom stereocenters. The van der Waals surface area contributed by atoms with Crippen LogP contribution in [-0.2, 0) is 11.3 Å². The van der Waals surface area contributed by atoms with Gasteiger partial charge < -0.3 is 5.32 Å². The Morgan fingerprint density at radius 2 is 1.81 bits per heavy atom. The Kier molecular flexibility index (Phi) is 5.14. The lowest BCUT2D eigenvalue weighted by atomic mass is 10.1. The van der Waals surface area contributed by atoms with Crippen molar-refractivity contribution in [3.63, 3.8) is 0 Å². The fourth-order valence-electron chi connectivity index (χ4n) is 1.77. The molecule has 3 nitrogen and oxygen atoms in total. The summed E-state index contributed by atoms with van der Waals surface area (Å²) >= 11 is 6.02. The fourth-order valence-corrected chi connectivity index (χ4v) is 1.96. The fraction of sp³-hybridized carbons (Fsp3) is 0.0588. The van der Waals surface area contributed by atoms with Gasteiger partial charge in [0.25, 0.3) is 5.91 Å². The van der Waals surface area contributed by atoms with E-state index in [0.717, 1.165) is 5.56 Å². The first-order valence-electron chi connectivity index (χ1n) is 6.39. The molecule has 2 rings (SSSR count). The highest BCUT2D eigenvalue weighted by molar-refractivity contribution is 6.32. The number of amides is 1. The van der Waals surface area contributed by atoms with Gasteiger partial charge in [-0.2, -0.15) is 5.26 Å². The molecule has 0 aliphatic carbocycles. The van der Waals surface area contributed by atoms with Crippen LogP contribution >= 0.6 is 11.6 Å². The summed E-state index contributed by atoms with van der Waals surface area (Å²) < 4.78 is 0. The topological polar surface area (TPSA) is 52.9 Å². The molecule has 0 aromatic heterocycles. The van der Waals surface area contributed by atoms with Gasteiger partial charge in [-0.1, -0.05) is 60.1 Å². The molecule has 104 valence electrons. The van der Waals surface area contributed by atoms with Crippen molar-refractivity contribution in [2.75, 3.05) is 0 Å². The minimum Gasteiger partial charge on any atom is -0.347 e. The molecule has 2 aromatic rings. The van der Waals surface area contributed by atoms with Crippen LogP contribution in [0.15, 0.2) is 60.2 Å². The average Bonchev–Trinajstić information content (AvgIpc) is 2.53. The molecule has 0 aliphatic rings. The van der Waals surface area contributed by atoms with E-state index >= 15 is 0 Å². The molecule has 0 fully saturated rings. The van der Waals surface area contributed by atoms with E-state index in [9.17, 15) is 4.79 Å². The molecule has 0 radical (unpaired) electrons. The lowest BCUT2D eigenvalue weighted by Gasteiger charge is -2.05. The Bertz CT molecular complexity index is 702. The van der Waals surface area contributed by atoms with Crippen molar-refractivity contribution in [3.05, 3.63) is 76.3 Å². The summed E-state index contributed by atoms with van der Waals surface area (Å²) in [5.74, 6) is -0.415. The zero-order valence-corrected chi connectivity index (χ0v) is 12.0. The monoisotopic (exact) mass is 296 g/mol. The summed E-state index contributed by atoms with van der Waals surface area (Å²) in [5.41, 5.74) is 1.64. The van der Waals surface area contributed by atoms with Crippen LogP contribution in [-0.4, -0.2) is 5.91 Å². The Morgan fingerprint density at radius 3 is 2.48 bits per heavy atom. The molecule has 0 spiro atoms. The van der Waals surface area contributed by atoms with Crippen LogP contribution in [0.25, 0.3) is 6.08 Å². The van der Waals surface area contributed by atoms with Gasteiger partial charge in [-0.3, -0.25) is 4.79 Å². The minimum atomic E-state index is -0.415. The summed E-state index contributed by atoms with van der Waals surface area (Å²) in [5, 5.41) is 12.3. The number of carbonyl (C=O) groups is 1. The number of hydrogen-bond acceptors (Lipinski definition) is 2. The maximum Gasteiger partial charge on any atom is 0.262 e. The van der Waals surface area contributed by atoms with E-state index in [1.807, 2.05) is 36.4 Å². The van der Waals surface area contributed by atoms with Crippen molar-refractivity contribution in [1.29, 1.82) is 5.26 Å². The molecular weight excluding hydrogens is 284 g/mol. The maximum atomic E-state index is 12.0. The first-order valence-corrected chi connectivity index (χ1v) is 6.77. The molecule has 1 N–H and O–H groups in total. The van der Waals surface area contributed by atoms with Gasteiger partial charge in [0.15, 0.2) is 0 Å². The summed E-state index contributed by atoms with van der Waals surface area (Å²) in [6.45, 7) is 0.376. The molecule has 0 unspecified atom stereocenters. The van der Waals surface area contributed by atoms with Crippen molar-refractivity contribution < 1.29 is 4.79 Å². The minimum absolute atomic E-state index is 0.0269. The highest BCUT2D eigenvalue weighted by Gasteiger charge is 2.09. The van der Waals surface area contributed by atoms with E-state index in [0.29, 0.717) is 17.1 Å². The van der Waals surface area contributed by atoms with Gasteiger partial charge in [-0.05, 0) is 23.3 Å². The zero-order valence-electron chi connectivity index (χ0n) is 11.2. The van der Waals surface area contributed by atoms with Crippen LogP contribution in [0.1, 0.15) is 11.1 Å². The molecule has 1 amide bonds. The van der Waals surface area contributed by atoms with Crippen molar-refractivity contribution in [3.8, 4) is 6.07 Å².